The van der Waals surface area contributed by atoms with Crippen LogP contribution < -0.4 is 0 Å². The number of benzene rings is 1. The second-order valence-electron chi connectivity index (χ2n) is 5.14. The molecule has 1 aromatic carbocycles. The van der Waals surface area contributed by atoms with Gasteiger partial charge in [-0.25, -0.2) is 0 Å². The highest BCUT2D eigenvalue weighted by atomic mass is 19.4. The highest BCUT2D eigenvalue weighted by Crippen LogP contribution is 2.37. The fourth-order valence-electron chi connectivity index (χ4n) is 2.65. The second-order valence-corrected chi connectivity index (χ2v) is 5.14. The molecule has 124 valence electrons. The molecule has 7 heteroatoms. The predicted octanol–water partition coefficient (Wildman–Crippen LogP) is 3.34. The van der Waals surface area contributed by atoms with Gasteiger partial charge in [-0.1, -0.05) is 0 Å². The number of aliphatic hydroxyl groups excluding tert-OH is 1. The topological polar surface area (TPSA) is 77.0 Å². The maximum Gasteiger partial charge on any atom is 0.418 e. The van der Waals surface area contributed by atoms with Crippen molar-refractivity contribution >= 4 is 0 Å². The molecular formula is C16H17F3N2O2. The lowest BCUT2D eigenvalue weighted by molar-refractivity contribution is -0.138. The van der Waals surface area contributed by atoms with Gasteiger partial charge in [0.15, 0.2) is 0 Å². The number of rotatable bonds is 5. The smallest absolute Gasteiger partial charge is 0.393 e. The van der Waals surface area contributed by atoms with Crippen molar-refractivity contribution in [3.63, 3.8) is 0 Å². The first-order valence-corrected chi connectivity index (χ1v) is 7.02. The summed E-state index contributed by atoms with van der Waals surface area (Å²) in [6.07, 6.45) is -6.22. The van der Waals surface area contributed by atoms with Gasteiger partial charge in [-0.2, -0.15) is 23.7 Å². The van der Waals surface area contributed by atoms with Gasteiger partial charge in [-0.15, -0.1) is 0 Å². The lowest BCUT2D eigenvalue weighted by Gasteiger charge is -2.27. The summed E-state index contributed by atoms with van der Waals surface area (Å²) < 4.78 is 44.6. The summed E-state index contributed by atoms with van der Waals surface area (Å²) in [5.74, 6) is -0.656. The Morgan fingerprint density at radius 1 is 1.17 bits per heavy atom. The number of alkyl halides is 3. The van der Waals surface area contributed by atoms with Gasteiger partial charge in [0.25, 0.3) is 0 Å². The third-order valence-corrected chi connectivity index (χ3v) is 3.52. The van der Waals surface area contributed by atoms with Gasteiger partial charge >= 0.3 is 6.18 Å². The van der Waals surface area contributed by atoms with Crippen LogP contribution in [0.4, 0.5) is 13.2 Å². The van der Waals surface area contributed by atoms with Crippen molar-refractivity contribution in [2.75, 3.05) is 6.61 Å². The van der Waals surface area contributed by atoms with E-state index in [9.17, 15) is 18.3 Å². The molecule has 1 N–H and O–H groups in total. The van der Waals surface area contributed by atoms with Gasteiger partial charge in [-0.3, -0.25) is 0 Å². The summed E-state index contributed by atoms with van der Waals surface area (Å²) in [6.45, 7) is 5.28. The Hall–Kier alpha value is -2.09. The molecule has 0 aliphatic heterocycles. The van der Waals surface area contributed by atoms with Gasteiger partial charge in [0.2, 0.25) is 0 Å². The second kappa shape index (κ2) is 7.45. The van der Waals surface area contributed by atoms with Crippen molar-refractivity contribution in [1.29, 1.82) is 10.5 Å². The molecule has 23 heavy (non-hydrogen) atoms. The summed E-state index contributed by atoms with van der Waals surface area (Å²) in [4.78, 5) is 0. The van der Waals surface area contributed by atoms with Crippen LogP contribution in [0.5, 0.6) is 0 Å². The molecule has 0 aliphatic rings. The Balaban J connectivity index is 3.56. The highest BCUT2D eigenvalue weighted by molar-refractivity contribution is 5.53. The molecular weight excluding hydrogens is 309 g/mol. The average molecular weight is 326 g/mol. The zero-order valence-electron chi connectivity index (χ0n) is 13.0. The van der Waals surface area contributed by atoms with E-state index in [0.29, 0.717) is 6.61 Å². The van der Waals surface area contributed by atoms with Crippen LogP contribution in [-0.2, 0) is 10.9 Å². The van der Waals surface area contributed by atoms with Crippen molar-refractivity contribution in [3.8, 4) is 12.1 Å². The Labute approximate surface area is 132 Å². The minimum Gasteiger partial charge on any atom is -0.393 e. The maximum absolute atomic E-state index is 13.1. The molecule has 0 bridgehead atoms. The number of hydrogen-bond donors (Lipinski definition) is 1. The molecule has 0 saturated heterocycles. The molecule has 0 spiro atoms. The van der Waals surface area contributed by atoms with Crippen molar-refractivity contribution in [3.05, 3.63) is 34.4 Å². The number of aliphatic hydroxyl groups is 1. The number of ether oxygens (including phenoxy) is 1. The number of nitrogens with zero attached hydrogens (tertiary/aromatic N) is 2. The Bertz CT molecular complexity index is 607. The largest absolute Gasteiger partial charge is 0.418 e. The van der Waals surface area contributed by atoms with E-state index in [1.807, 2.05) is 0 Å². The third kappa shape index (κ3) is 4.22. The van der Waals surface area contributed by atoms with E-state index in [0.717, 1.165) is 12.1 Å². The molecule has 0 saturated carbocycles. The van der Waals surface area contributed by atoms with Crippen molar-refractivity contribution < 1.29 is 23.0 Å². The lowest BCUT2D eigenvalue weighted by atomic mass is 9.85. The van der Waals surface area contributed by atoms with Crippen LogP contribution >= 0.6 is 0 Å². The zero-order chi connectivity index (χ0) is 17.8. The van der Waals surface area contributed by atoms with Crippen molar-refractivity contribution in [1.82, 2.24) is 0 Å². The van der Waals surface area contributed by atoms with Gasteiger partial charge in [-0.05, 0) is 38.5 Å². The van der Waals surface area contributed by atoms with E-state index in [4.69, 9.17) is 15.3 Å². The van der Waals surface area contributed by atoms with Crippen LogP contribution in [0.25, 0.3) is 0 Å². The minimum atomic E-state index is -4.81. The van der Waals surface area contributed by atoms with Gasteiger partial charge < -0.3 is 9.84 Å². The van der Waals surface area contributed by atoms with E-state index < -0.39 is 41.0 Å². The summed E-state index contributed by atoms with van der Waals surface area (Å²) in [7, 11) is 0. The fraction of sp³-hybridized carbons (Fsp3) is 0.500. The van der Waals surface area contributed by atoms with Crippen LogP contribution in [0.3, 0.4) is 0 Å². The number of hydrogen-bond acceptors (Lipinski definition) is 4. The standard InChI is InChI=1S/C16H17F3N2O2/c1-4-23-10(3)14(9(2)22)11-5-12(7-20)15(16(17,18)19)13(6-11)8-21/h5-6,9-10,14,22H,4H2,1-3H3. The molecule has 0 aromatic heterocycles. The predicted molar refractivity (Wildman–Crippen MR) is 76.4 cm³/mol. The normalized spacial score (nSPS) is 15.3. The van der Waals surface area contributed by atoms with E-state index >= 15 is 0 Å². The first kappa shape index (κ1) is 19.0. The van der Waals surface area contributed by atoms with Crippen LogP contribution in [-0.4, -0.2) is 23.9 Å². The van der Waals surface area contributed by atoms with Crippen LogP contribution in [0.15, 0.2) is 12.1 Å². The van der Waals surface area contributed by atoms with Crippen molar-refractivity contribution in [2.24, 2.45) is 0 Å². The first-order chi connectivity index (χ1) is 10.7. The monoisotopic (exact) mass is 326 g/mol. The van der Waals surface area contributed by atoms with Gasteiger partial charge in [0, 0.05) is 12.5 Å². The van der Waals surface area contributed by atoms with Gasteiger partial charge in [0.05, 0.1) is 41.0 Å². The first-order valence-electron chi connectivity index (χ1n) is 7.02. The van der Waals surface area contributed by atoms with E-state index in [-0.39, 0.29) is 5.56 Å². The molecule has 3 atom stereocenters. The lowest BCUT2D eigenvalue weighted by Crippen LogP contribution is -2.28. The summed E-state index contributed by atoms with van der Waals surface area (Å²) in [5.41, 5.74) is -2.26. The zero-order valence-corrected chi connectivity index (χ0v) is 13.0. The summed E-state index contributed by atoms with van der Waals surface area (Å²) >= 11 is 0. The average Bonchev–Trinajstić information content (AvgIpc) is 2.44. The molecule has 4 nitrogen and oxygen atoms in total. The molecule has 1 rings (SSSR count). The SMILES string of the molecule is CCOC(C)C(c1cc(C#N)c(C(F)(F)F)c(C#N)c1)C(C)O. The Morgan fingerprint density at radius 2 is 1.65 bits per heavy atom. The Kier molecular flexibility index (Phi) is 6.14. The molecule has 1 aromatic rings. The van der Waals surface area contributed by atoms with Crippen LogP contribution in [0, 0.1) is 22.7 Å². The molecule has 0 fully saturated rings. The fourth-order valence-corrected chi connectivity index (χ4v) is 2.65. The maximum atomic E-state index is 13.1. The summed E-state index contributed by atoms with van der Waals surface area (Å²) in [5, 5.41) is 28.0. The van der Waals surface area contributed by atoms with Crippen molar-refractivity contribution in [2.45, 2.75) is 45.1 Å². The molecule has 0 aliphatic carbocycles. The van der Waals surface area contributed by atoms with Crippen LogP contribution in [0.2, 0.25) is 0 Å². The third-order valence-electron chi connectivity index (χ3n) is 3.52. The molecule has 0 radical (unpaired) electrons. The summed E-state index contributed by atoms with van der Waals surface area (Å²) in [6, 6.07) is 5.11. The van der Waals surface area contributed by atoms with E-state index in [1.54, 1.807) is 13.8 Å². The minimum absolute atomic E-state index is 0.266. The van der Waals surface area contributed by atoms with E-state index in [1.165, 1.54) is 19.1 Å². The Morgan fingerprint density at radius 3 is 1.96 bits per heavy atom. The van der Waals surface area contributed by atoms with Gasteiger partial charge in [0.1, 0.15) is 0 Å². The molecule has 3 unspecified atom stereocenters. The van der Waals surface area contributed by atoms with E-state index in [2.05, 4.69) is 0 Å². The quantitative estimate of drug-likeness (QED) is 0.900. The highest BCUT2D eigenvalue weighted by Gasteiger charge is 2.38. The number of nitriles is 2. The number of halogens is 3. The van der Waals surface area contributed by atoms with Crippen LogP contribution in [0.1, 0.15) is 48.9 Å². The molecule has 0 heterocycles. The molecule has 0 amide bonds.